The number of carbonyl (C=O) groups excluding carboxylic acids is 2. The molecule has 1 N–H and O–H groups in total. The Kier molecular flexibility index (Phi) is 5.93. The summed E-state index contributed by atoms with van der Waals surface area (Å²) >= 11 is 0. The number of hydrogen-bond donors (Lipinski definition) is 1. The Bertz CT molecular complexity index is 681. The number of nitrogens with one attached hydrogen (secondary N) is 1. The third kappa shape index (κ3) is 3.90. The first-order valence-corrected chi connectivity index (χ1v) is 9.33. The summed E-state index contributed by atoms with van der Waals surface area (Å²) in [6.07, 6.45) is 3.54. The van der Waals surface area contributed by atoms with Crippen LogP contribution in [0.25, 0.3) is 0 Å². The van der Waals surface area contributed by atoms with Gasteiger partial charge in [-0.25, -0.2) is 9.59 Å². The lowest BCUT2D eigenvalue weighted by atomic mass is 9.94. The SMILES string of the molecule is CCOC(=O)C1=C(CN2CCCCC2)N(C)C(=O)NC1c1ccccc1. The number of rotatable bonds is 5. The van der Waals surface area contributed by atoms with Crippen LogP contribution in [0, 0.1) is 0 Å². The van der Waals surface area contributed by atoms with E-state index in [1.165, 1.54) is 6.42 Å². The van der Waals surface area contributed by atoms with Gasteiger partial charge in [-0.1, -0.05) is 36.8 Å². The second-order valence-corrected chi connectivity index (χ2v) is 6.77. The summed E-state index contributed by atoms with van der Waals surface area (Å²) in [6, 6.07) is 8.91. The van der Waals surface area contributed by atoms with E-state index in [1.807, 2.05) is 30.3 Å². The minimum absolute atomic E-state index is 0.195. The van der Waals surface area contributed by atoms with E-state index in [9.17, 15) is 9.59 Å². The monoisotopic (exact) mass is 357 g/mol. The number of ether oxygens (including phenoxy) is 1. The standard InChI is InChI=1S/C20H27N3O3/c1-3-26-19(24)17-16(14-23-12-8-5-9-13-23)22(2)20(25)21-18(17)15-10-6-4-7-11-15/h4,6-7,10-11,18H,3,5,8-9,12-14H2,1-2H3,(H,21,25). The van der Waals surface area contributed by atoms with Gasteiger partial charge in [-0.2, -0.15) is 0 Å². The molecule has 1 saturated heterocycles. The van der Waals surface area contributed by atoms with Gasteiger partial charge in [-0.15, -0.1) is 0 Å². The third-order valence-electron chi connectivity index (χ3n) is 5.03. The Morgan fingerprint density at radius 2 is 1.88 bits per heavy atom. The van der Waals surface area contributed by atoms with Gasteiger partial charge in [0.1, 0.15) is 0 Å². The smallest absolute Gasteiger partial charge is 0.338 e. The van der Waals surface area contributed by atoms with E-state index in [0.717, 1.165) is 37.2 Å². The van der Waals surface area contributed by atoms with E-state index in [-0.39, 0.29) is 12.0 Å². The van der Waals surface area contributed by atoms with Gasteiger partial charge < -0.3 is 10.1 Å². The van der Waals surface area contributed by atoms with E-state index >= 15 is 0 Å². The molecule has 0 aliphatic carbocycles. The van der Waals surface area contributed by atoms with Gasteiger partial charge >= 0.3 is 12.0 Å². The van der Waals surface area contributed by atoms with E-state index in [1.54, 1.807) is 18.9 Å². The van der Waals surface area contributed by atoms with Crippen LogP contribution in [0.4, 0.5) is 4.79 Å². The number of esters is 1. The summed E-state index contributed by atoms with van der Waals surface area (Å²) in [6.45, 7) is 4.67. The fourth-order valence-electron chi connectivity index (χ4n) is 3.62. The quantitative estimate of drug-likeness (QED) is 0.823. The van der Waals surface area contributed by atoms with Crippen LogP contribution < -0.4 is 5.32 Å². The summed E-state index contributed by atoms with van der Waals surface area (Å²) in [4.78, 5) is 29.2. The molecule has 3 rings (SSSR count). The van der Waals surface area contributed by atoms with Crippen molar-refractivity contribution < 1.29 is 14.3 Å². The highest BCUT2D eigenvalue weighted by Crippen LogP contribution is 2.31. The Labute approximate surface area is 154 Å². The zero-order chi connectivity index (χ0) is 18.5. The molecule has 0 bridgehead atoms. The number of likely N-dealkylation sites (tertiary alicyclic amines) is 1. The number of nitrogens with zero attached hydrogens (tertiary/aromatic N) is 2. The van der Waals surface area contributed by atoms with Crippen molar-refractivity contribution in [3.63, 3.8) is 0 Å². The van der Waals surface area contributed by atoms with Gasteiger partial charge in [0.25, 0.3) is 0 Å². The molecule has 6 nitrogen and oxygen atoms in total. The van der Waals surface area contributed by atoms with Crippen molar-refractivity contribution in [3.8, 4) is 0 Å². The summed E-state index contributed by atoms with van der Waals surface area (Å²) in [5.41, 5.74) is 2.15. The molecule has 140 valence electrons. The number of hydrogen-bond acceptors (Lipinski definition) is 4. The molecule has 6 heteroatoms. The molecule has 1 atom stereocenters. The molecule has 1 unspecified atom stereocenters. The lowest BCUT2D eigenvalue weighted by molar-refractivity contribution is -0.139. The zero-order valence-electron chi connectivity index (χ0n) is 15.5. The molecular weight excluding hydrogens is 330 g/mol. The van der Waals surface area contributed by atoms with Gasteiger partial charge in [0.15, 0.2) is 0 Å². The summed E-state index contributed by atoms with van der Waals surface area (Å²) in [5, 5.41) is 2.95. The number of carbonyl (C=O) groups is 2. The molecule has 0 radical (unpaired) electrons. The van der Waals surface area contributed by atoms with Crippen LogP contribution in [-0.2, 0) is 9.53 Å². The maximum Gasteiger partial charge on any atom is 0.338 e. The predicted octanol–water partition coefficient (Wildman–Crippen LogP) is 2.69. The molecule has 1 aromatic rings. The van der Waals surface area contributed by atoms with Crippen LogP contribution >= 0.6 is 0 Å². The van der Waals surface area contributed by atoms with Gasteiger partial charge in [-0.3, -0.25) is 9.80 Å². The van der Waals surface area contributed by atoms with Crippen LogP contribution in [0.3, 0.4) is 0 Å². The average molecular weight is 357 g/mol. The second kappa shape index (κ2) is 8.36. The molecule has 2 aliphatic heterocycles. The van der Waals surface area contributed by atoms with Crippen LogP contribution in [0.15, 0.2) is 41.6 Å². The summed E-state index contributed by atoms with van der Waals surface area (Å²) < 4.78 is 5.34. The number of urea groups is 1. The van der Waals surface area contributed by atoms with E-state index in [2.05, 4.69) is 10.2 Å². The third-order valence-corrected chi connectivity index (χ3v) is 5.03. The lowest BCUT2D eigenvalue weighted by Crippen LogP contribution is -2.49. The first kappa shape index (κ1) is 18.5. The van der Waals surface area contributed by atoms with Crippen LogP contribution in [-0.4, -0.2) is 55.1 Å². The van der Waals surface area contributed by atoms with Gasteiger partial charge in [0, 0.05) is 19.3 Å². The van der Waals surface area contributed by atoms with Crippen LogP contribution in [0.2, 0.25) is 0 Å². The Hall–Kier alpha value is -2.34. The molecule has 0 spiro atoms. The van der Waals surface area contributed by atoms with Crippen molar-refractivity contribution in [2.24, 2.45) is 0 Å². The topological polar surface area (TPSA) is 61.9 Å². The maximum absolute atomic E-state index is 12.8. The number of piperidine rings is 1. The van der Waals surface area contributed by atoms with Gasteiger partial charge in [0.05, 0.1) is 18.2 Å². The molecular formula is C20H27N3O3. The zero-order valence-corrected chi connectivity index (χ0v) is 15.5. The van der Waals surface area contributed by atoms with Crippen molar-refractivity contribution in [3.05, 3.63) is 47.2 Å². The van der Waals surface area contributed by atoms with Crippen LogP contribution in [0.1, 0.15) is 37.8 Å². The molecule has 2 aliphatic rings. The Morgan fingerprint density at radius 3 is 2.54 bits per heavy atom. The van der Waals surface area contributed by atoms with E-state index in [4.69, 9.17) is 4.74 Å². The average Bonchev–Trinajstić information content (AvgIpc) is 2.67. The van der Waals surface area contributed by atoms with Crippen molar-refractivity contribution >= 4 is 12.0 Å². The van der Waals surface area contributed by atoms with Gasteiger partial charge in [-0.05, 0) is 38.4 Å². The van der Waals surface area contributed by atoms with E-state index in [0.29, 0.717) is 18.7 Å². The molecule has 0 saturated carbocycles. The Balaban J connectivity index is 2.02. The fourth-order valence-corrected chi connectivity index (χ4v) is 3.62. The van der Waals surface area contributed by atoms with Crippen molar-refractivity contribution in [2.45, 2.75) is 32.2 Å². The first-order valence-electron chi connectivity index (χ1n) is 9.33. The number of benzene rings is 1. The lowest BCUT2D eigenvalue weighted by Gasteiger charge is -2.37. The molecule has 0 aromatic heterocycles. The minimum atomic E-state index is -0.487. The summed E-state index contributed by atoms with van der Waals surface area (Å²) in [7, 11) is 1.72. The van der Waals surface area contributed by atoms with Crippen molar-refractivity contribution in [1.82, 2.24) is 15.1 Å². The number of likely N-dealkylation sites (N-methyl/N-ethyl adjacent to an activating group) is 1. The molecule has 2 amide bonds. The highest BCUT2D eigenvalue weighted by molar-refractivity contribution is 5.95. The van der Waals surface area contributed by atoms with Crippen molar-refractivity contribution in [1.29, 1.82) is 0 Å². The molecule has 1 aromatic carbocycles. The minimum Gasteiger partial charge on any atom is -0.463 e. The van der Waals surface area contributed by atoms with Crippen molar-refractivity contribution in [2.75, 3.05) is 33.3 Å². The molecule has 26 heavy (non-hydrogen) atoms. The fraction of sp³-hybridized carbons (Fsp3) is 0.500. The number of amides is 2. The first-order chi connectivity index (χ1) is 12.6. The molecule has 1 fully saturated rings. The second-order valence-electron chi connectivity index (χ2n) is 6.77. The highest BCUT2D eigenvalue weighted by atomic mass is 16.5. The molecule has 2 heterocycles. The normalized spacial score (nSPS) is 21.5. The Morgan fingerprint density at radius 1 is 1.19 bits per heavy atom. The maximum atomic E-state index is 12.8. The predicted molar refractivity (Wildman–Crippen MR) is 99.4 cm³/mol. The van der Waals surface area contributed by atoms with Gasteiger partial charge in [0.2, 0.25) is 0 Å². The van der Waals surface area contributed by atoms with E-state index < -0.39 is 6.04 Å². The summed E-state index contributed by atoms with van der Waals surface area (Å²) in [5.74, 6) is -0.361. The van der Waals surface area contributed by atoms with Crippen LogP contribution in [0.5, 0.6) is 0 Å². The highest BCUT2D eigenvalue weighted by Gasteiger charge is 2.37. The largest absolute Gasteiger partial charge is 0.463 e.